The number of likely N-dealkylation sites (tertiary alicyclic amines) is 1. The van der Waals surface area contributed by atoms with Crippen molar-refractivity contribution >= 4 is 17.8 Å². The molecule has 0 bridgehead atoms. The molecule has 8 heteroatoms. The number of nitrogens with one attached hydrogen (secondary N) is 1. The molecule has 0 radical (unpaired) electrons. The zero-order valence-corrected chi connectivity index (χ0v) is 20.0. The van der Waals surface area contributed by atoms with Crippen LogP contribution in [0.3, 0.4) is 0 Å². The zero-order valence-electron chi connectivity index (χ0n) is 20.0. The summed E-state index contributed by atoms with van der Waals surface area (Å²) in [5.41, 5.74) is 3.26. The van der Waals surface area contributed by atoms with Gasteiger partial charge < -0.3 is 19.7 Å². The predicted octanol–water partition coefficient (Wildman–Crippen LogP) is 3.74. The molecule has 7 nitrogen and oxygen atoms in total. The lowest BCUT2D eigenvalue weighted by molar-refractivity contribution is -0.143. The quantitative estimate of drug-likeness (QED) is 0.703. The first kappa shape index (κ1) is 23.2. The number of ketones is 1. The largest absolute Gasteiger partial charge is 0.449 e. The number of rotatable bonds is 4. The normalized spacial score (nSPS) is 26.3. The molecule has 3 atom stereocenters. The van der Waals surface area contributed by atoms with Gasteiger partial charge in [0.15, 0.2) is 5.78 Å². The van der Waals surface area contributed by atoms with Gasteiger partial charge in [-0.15, -0.1) is 0 Å². The van der Waals surface area contributed by atoms with Crippen LogP contribution >= 0.6 is 0 Å². The van der Waals surface area contributed by atoms with Crippen LogP contribution in [0.1, 0.15) is 49.1 Å². The highest BCUT2D eigenvalue weighted by molar-refractivity contribution is 5.97. The van der Waals surface area contributed by atoms with E-state index < -0.39 is 35.9 Å². The van der Waals surface area contributed by atoms with E-state index in [0.717, 1.165) is 41.5 Å². The Hall–Kier alpha value is -3.26. The van der Waals surface area contributed by atoms with E-state index in [1.165, 1.54) is 4.90 Å². The minimum absolute atomic E-state index is 0.0962. The first-order chi connectivity index (χ1) is 17.5. The summed E-state index contributed by atoms with van der Waals surface area (Å²) in [6.45, 7) is -0.252. The number of alkyl carbamates (subject to hydrolysis) is 1. The van der Waals surface area contributed by atoms with Crippen molar-refractivity contribution in [1.82, 2.24) is 10.2 Å². The van der Waals surface area contributed by atoms with Crippen LogP contribution in [0.25, 0.3) is 11.1 Å². The maximum Gasteiger partial charge on any atom is 0.408 e. The lowest BCUT2D eigenvalue weighted by Crippen LogP contribution is -2.62. The van der Waals surface area contributed by atoms with Crippen molar-refractivity contribution in [1.29, 1.82) is 0 Å². The van der Waals surface area contributed by atoms with Crippen LogP contribution in [0.5, 0.6) is 0 Å². The standard InChI is InChI=1S/C28H29FN2O5/c29-22-14-31(24-23(32)16-35-25(22)24)26(33)28(12-6-1-7-13-28)30-27(34)36-15-21-19-10-4-2-8-17(19)18-9-3-5-11-20(18)21/h2-5,8-11,21-22,24-25H,1,6-7,12-16H2,(H,30,34). The molecular formula is C28H29FN2O5. The Bertz CT molecular complexity index is 1160. The molecule has 4 aliphatic rings. The van der Waals surface area contributed by atoms with Crippen LogP contribution in [0.15, 0.2) is 48.5 Å². The molecule has 1 saturated carbocycles. The van der Waals surface area contributed by atoms with Crippen molar-refractivity contribution in [2.24, 2.45) is 0 Å². The van der Waals surface area contributed by atoms with E-state index in [9.17, 15) is 18.8 Å². The number of carbonyl (C=O) groups excluding carboxylic acids is 3. The van der Waals surface area contributed by atoms with Crippen LogP contribution in [-0.4, -0.2) is 66.3 Å². The third-order valence-corrected chi connectivity index (χ3v) is 8.18. The van der Waals surface area contributed by atoms with Gasteiger partial charge in [0.2, 0.25) is 5.91 Å². The monoisotopic (exact) mass is 492 g/mol. The van der Waals surface area contributed by atoms with Crippen LogP contribution in [-0.2, 0) is 19.1 Å². The molecule has 2 aliphatic carbocycles. The van der Waals surface area contributed by atoms with Gasteiger partial charge in [-0.05, 0) is 35.1 Å². The van der Waals surface area contributed by atoms with Crippen molar-refractivity contribution in [3.63, 3.8) is 0 Å². The smallest absolute Gasteiger partial charge is 0.408 e. The van der Waals surface area contributed by atoms with Gasteiger partial charge in [-0.25, -0.2) is 9.18 Å². The van der Waals surface area contributed by atoms with Crippen molar-refractivity contribution in [3.05, 3.63) is 59.7 Å². The number of alkyl halides is 1. The third kappa shape index (κ3) is 3.70. The van der Waals surface area contributed by atoms with E-state index in [1.54, 1.807) is 0 Å². The molecule has 0 aromatic heterocycles. The molecule has 2 amide bonds. The highest BCUT2D eigenvalue weighted by atomic mass is 19.1. The number of hydrogen-bond donors (Lipinski definition) is 1. The van der Waals surface area contributed by atoms with E-state index in [-0.39, 0.29) is 31.5 Å². The Balaban J connectivity index is 1.19. The highest BCUT2D eigenvalue weighted by Gasteiger charge is 2.56. The summed E-state index contributed by atoms with van der Waals surface area (Å²) < 4.78 is 25.6. The number of ether oxygens (including phenoxy) is 2. The zero-order chi connectivity index (χ0) is 24.9. The lowest BCUT2D eigenvalue weighted by Gasteiger charge is -2.40. The van der Waals surface area contributed by atoms with Crippen molar-refractivity contribution in [2.75, 3.05) is 19.8 Å². The Morgan fingerprint density at radius 2 is 1.67 bits per heavy atom. The average molecular weight is 493 g/mol. The van der Waals surface area contributed by atoms with E-state index >= 15 is 0 Å². The molecule has 2 heterocycles. The number of benzene rings is 2. The second-order valence-electron chi connectivity index (χ2n) is 10.3. The number of fused-ring (bicyclic) bond motifs is 4. The Morgan fingerprint density at radius 3 is 2.33 bits per heavy atom. The molecule has 2 aromatic carbocycles. The molecule has 1 N–H and O–H groups in total. The fraction of sp³-hybridized carbons (Fsp3) is 0.464. The first-order valence-corrected chi connectivity index (χ1v) is 12.7. The minimum Gasteiger partial charge on any atom is -0.449 e. The van der Waals surface area contributed by atoms with Crippen LogP contribution in [0.4, 0.5) is 9.18 Å². The predicted molar refractivity (Wildman–Crippen MR) is 129 cm³/mol. The van der Waals surface area contributed by atoms with Crippen molar-refractivity contribution < 1.29 is 28.2 Å². The molecule has 188 valence electrons. The van der Waals surface area contributed by atoms with Gasteiger partial charge in [0.05, 0.1) is 6.54 Å². The van der Waals surface area contributed by atoms with E-state index in [0.29, 0.717) is 12.8 Å². The highest BCUT2D eigenvalue weighted by Crippen LogP contribution is 2.44. The van der Waals surface area contributed by atoms with Crippen molar-refractivity contribution in [3.8, 4) is 11.1 Å². The molecule has 2 aromatic rings. The third-order valence-electron chi connectivity index (χ3n) is 8.18. The van der Waals surface area contributed by atoms with E-state index in [4.69, 9.17) is 9.47 Å². The lowest BCUT2D eigenvalue weighted by atomic mass is 9.80. The summed E-state index contributed by atoms with van der Waals surface area (Å²) in [6, 6.07) is 15.3. The number of nitrogens with zero attached hydrogens (tertiary/aromatic N) is 1. The Kier molecular flexibility index (Phi) is 5.79. The van der Waals surface area contributed by atoms with Gasteiger partial charge in [0.25, 0.3) is 0 Å². The second kappa shape index (κ2) is 9.00. The number of Topliss-reactive ketones (excluding diaryl/α,β-unsaturated/α-hetero) is 1. The van der Waals surface area contributed by atoms with Gasteiger partial charge in [-0.2, -0.15) is 0 Å². The number of carbonyl (C=O) groups is 3. The fourth-order valence-electron chi connectivity index (χ4n) is 6.46. The van der Waals surface area contributed by atoms with Crippen molar-refractivity contribution in [2.45, 2.75) is 61.9 Å². The molecule has 6 rings (SSSR count). The van der Waals surface area contributed by atoms with Gasteiger partial charge in [-0.1, -0.05) is 67.8 Å². The molecule has 0 spiro atoms. The molecular weight excluding hydrogens is 463 g/mol. The Labute approximate surface area is 208 Å². The van der Waals surface area contributed by atoms with Crippen LogP contribution in [0.2, 0.25) is 0 Å². The van der Waals surface area contributed by atoms with Crippen LogP contribution in [0, 0.1) is 0 Å². The Morgan fingerprint density at radius 1 is 1.03 bits per heavy atom. The van der Waals surface area contributed by atoms with Gasteiger partial charge in [0, 0.05) is 5.92 Å². The molecule has 2 saturated heterocycles. The number of halogens is 1. The topological polar surface area (TPSA) is 84.9 Å². The van der Waals surface area contributed by atoms with Crippen LogP contribution < -0.4 is 5.32 Å². The van der Waals surface area contributed by atoms with Gasteiger partial charge in [-0.3, -0.25) is 9.59 Å². The molecule has 2 aliphatic heterocycles. The summed E-state index contributed by atoms with van der Waals surface area (Å²) in [5, 5.41) is 2.86. The number of amides is 2. The molecule has 3 fully saturated rings. The molecule has 36 heavy (non-hydrogen) atoms. The minimum atomic E-state index is -1.42. The SMILES string of the molecule is O=C(NC1(C(=O)N2CC(F)C3OCC(=O)C32)CCCCC1)OCC1c2ccccc2-c2ccccc21. The van der Waals surface area contributed by atoms with Gasteiger partial charge in [0.1, 0.15) is 37.1 Å². The second-order valence-corrected chi connectivity index (χ2v) is 10.3. The summed E-state index contributed by atoms with van der Waals surface area (Å²) in [6.07, 6.45) is 0.292. The number of hydrogen-bond acceptors (Lipinski definition) is 5. The summed E-state index contributed by atoms with van der Waals surface area (Å²) in [4.78, 5) is 40.5. The van der Waals surface area contributed by atoms with E-state index in [1.807, 2.05) is 36.4 Å². The summed E-state index contributed by atoms with van der Waals surface area (Å²) in [5.74, 6) is -0.800. The first-order valence-electron chi connectivity index (χ1n) is 12.7. The van der Waals surface area contributed by atoms with Gasteiger partial charge >= 0.3 is 6.09 Å². The summed E-state index contributed by atoms with van der Waals surface area (Å²) in [7, 11) is 0. The maximum atomic E-state index is 14.6. The average Bonchev–Trinajstić information content (AvgIpc) is 3.55. The summed E-state index contributed by atoms with van der Waals surface area (Å²) >= 11 is 0. The van der Waals surface area contributed by atoms with E-state index in [2.05, 4.69) is 17.4 Å². The molecule has 3 unspecified atom stereocenters. The maximum absolute atomic E-state index is 14.6. The fourth-order valence-corrected chi connectivity index (χ4v) is 6.46.